The van der Waals surface area contributed by atoms with Gasteiger partial charge in [0.05, 0.1) is 29.8 Å². The molecular formula is C33H41ClN4O3. The van der Waals surface area contributed by atoms with E-state index in [1.165, 1.54) is 0 Å². The van der Waals surface area contributed by atoms with Crippen molar-refractivity contribution in [1.29, 1.82) is 0 Å². The molecule has 41 heavy (non-hydrogen) atoms. The summed E-state index contributed by atoms with van der Waals surface area (Å²) in [4.78, 5) is 30.7. The molecule has 1 fully saturated rings. The third-order valence-electron chi connectivity index (χ3n) is 7.87. The van der Waals surface area contributed by atoms with E-state index in [2.05, 4.69) is 27.5 Å². The number of hydrogen-bond donors (Lipinski definition) is 3. The SMILES string of the molecule is C=C(/C=C\C(NC(=O)C1CCCCC1C(=O)C1=CN1)=C(C)C)C1=C(NC(C)O[C@H](C)c2ccccc2Cl)C(C)=NC1. The minimum absolute atomic E-state index is 0.0514. The van der Waals surface area contributed by atoms with E-state index in [1.54, 1.807) is 6.20 Å². The van der Waals surface area contributed by atoms with Gasteiger partial charge >= 0.3 is 0 Å². The maximum atomic E-state index is 13.3. The maximum absolute atomic E-state index is 13.3. The molecule has 3 unspecified atom stereocenters. The Balaban J connectivity index is 1.42. The molecule has 1 aromatic rings. The van der Waals surface area contributed by atoms with E-state index in [0.29, 0.717) is 23.0 Å². The molecule has 3 N–H and O–H groups in total. The Bertz CT molecular complexity index is 1370. The predicted octanol–water partition coefficient (Wildman–Crippen LogP) is 6.42. The normalized spacial score (nSPS) is 21.4. The molecule has 3 aliphatic rings. The number of aliphatic imine (C=N–C) groups is 1. The Morgan fingerprint density at radius 2 is 1.83 bits per heavy atom. The van der Waals surface area contributed by atoms with Gasteiger partial charge in [-0.2, -0.15) is 0 Å². The highest BCUT2D eigenvalue weighted by molar-refractivity contribution is 6.31. The van der Waals surface area contributed by atoms with Crippen LogP contribution in [0, 0.1) is 11.8 Å². The first kappa shape index (κ1) is 30.5. The highest BCUT2D eigenvalue weighted by Crippen LogP contribution is 2.34. The third kappa shape index (κ3) is 7.66. The number of allylic oxidation sites excluding steroid dienone is 5. The number of halogens is 1. The number of carbonyl (C=O) groups is 2. The first-order chi connectivity index (χ1) is 19.6. The second-order valence-electron chi connectivity index (χ2n) is 11.2. The van der Waals surface area contributed by atoms with E-state index in [0.717, 1.165) is 59.4 Å². The van der Waals surface area contributed by atoms with Gasteiger partial charge in [-0.15, -0.1) is 0 Å². The summed E-state index contributed by atoms with van der Waals surface area (Å²) in [5.74, 6) is -0.652. The van der Waals surface area contributed by atoms with Crippen LogP contribution in [0.4, 0.5) is 0 Å². The minimum atomic E-state index is -0.329. The van der Waals surface area contributed by atoms with Crippen molar-refractivity contribution in [2.75, 3.05) is 6.54 Å². The summed E-state index contributed by atoms with van der Waals surface area (Å²) in [6, 6.07) is 7.68. The van der Waals surface area contributed by atoms with Crippen LogP contribution in [0.1, 0.15) is 72.0 Å². The Morgan fingerprint density at radius 1 is 1.15 bits per heavy atom. The van der Waals surface area contributed by atoms with Gasteiger partial charge in [0.15, 0.2) is 5.78 Å². The zero-order valence-corrected chi connectivity index (χ0v) is 25.4. The molecule has 0 radical (unpaired) electrons. The van der Waals surface area contributed by atoms with Gasteiger partial charge in [-0.05, 0) is 70.7 Å². The fourth-order valence-corrected chi connectivity index (χ4v) is 5.72. The summed E-state index contributed by atoms with van der Waals surface area (Å²) in [6.45, 7) is 14.6. The van der Waals surface area contributed by atoms with Crippen molar-refractivity contribution in [3.63, 3.8) is 0 Å². The molecule has 0 saturated heterocycles. The highest BCUT2D eigenvalue weighted by atomic mass is 35.5. The monoisotopic (exact) mass is 576 g/mol. The molecule has 0 spiro atoms. The second-order valence-corrected chi connectivity index (χ2v) is 11.6. The Hall–Kier alpha value is -3.42. The number of carbonyl (C=O) groups excluding carboxylic acids is 2. The Kier molecular flexibility index (Phi) is 10.1. The summed E-state index contributed by atoms with van der Waals surface area (Å²) in [7, 11) is 0. The third-order valence-corrected chi connectivity index (χ3v) is 8.21. The summed E-state index contributed by atoms with van der Waals surface area (Å²) >= 11 is 6.36. The molecule has 7 nitrogen and oxygen atoms in total. The molecule has 0 bridgehead atoms. The average Bonchev–Trinajstić information content (AvgIpc) is 3.74. The number of hydrogen-bond acceptors (Lipinski definition) is 6. The summed E-state index contributed by atoms with van der Waals surface area (Å²) in [6.07, 6.45) is 8.40. The molecule has 1 amide bonds. The van der Waals surface area contributed by atoms with Gasteiger partial charge in [0.1, 0.15) is 6.23 Å². The summed E-state index contributed by atoms with van der Waals surface area (Å²) < 4.78 is 6.21. The van der Waals surface area contributed by atoms with Gasteiger partial charge in [-0.1, -0.05) is 60.9 Å². The van der Waals surface area contributed by atoms with E-state index < -0.39 is 0 Å². The first-order valence-corrected chi connectivity index (χ1v) is 14.7. The number of nitrogens with one attached hydrogen (secondary N) is 3. The zero-order valence-electron chi connectivity index (χ0n) is 24.6. The van der Waals surface area contributed by atoms with Gasteiger partial charge < -0.3 is 20.7 Å². The smallest absolute Gasteiger partial charge is 0.228 e. The number of ether oxygens (including phenoxy) is 1. The molecule has 8 heteroatoms. The minimum Gasteiger partial charge on any atom is -0.359 e. The molecule has 1 aromatic carbocycles. The van der Waals surface area contributed by atoms with Crippen LogP contribution < -0.4 is 16.0 Å². The number of benzene rings is 1. The lowest BCUT2D eigenvalue weighted by Crippen LogP contribution is -2.39. The lowest BCUT2D eigenvalue weighted by atomic mass is 9.76. The molecule has 1 saturated carbocycles. The molecule has 2 heterocycles. The quantitative estimate of drug-likeness (QED) is 0.197. The number of nitrogens with zero attached hydrogens (tertiary/aromatic N) is 1. The van der Waals surface area contributed by atoms with E-state index in [1.807, 2.05) is 71.0 Å². The van der Waals surface area contributed by atoms with Crippen molar-refractivity contribution in [1.82, 2.24) is 16.0 Å². The van der Waals surface area contributed by atoms with Gasteiger partial charge in [0.2, 0.25) is 5.91 Å². The molecule has 4 atom stereocenters. The first-order valence-electron chi connectivity index (χ1n) is 14.3. The molecule has 1 aliphatic carbocycles. The van der Waals surface area contributed by atoms with Crippen LogP contribution in [0.25, 0.3) is 0 Å². The fourth-order valence-electron chi connectivity index (χ4n) is 5.43. The fraction of sp³-hybridized carbons (Fsp3) is 0.424. The predicted molar refractivity (Wildman–Crippen MR) is 165 cm³/mol. The molecular weight excluding hydrogens is 536 g/mol. The molecule has 2 aliphatic heterocycles. The topological polar surface area (TPSA) is 102 Å². The van der Waals surface area contributed by atoms with Crippen molar-refractivity contribution < 1.29 is 14.3 Å². The van der Waals surface area contributed by atoms with E-state index >= 15 is 0 Å². The Morgan fingerprint density at radius 3 is 2.49 bits per heavy atom. The van der Waals surface area contributed by atoms with E-state index in [-0.39, 0.29) is 35.9 Å². The molecule has 0 aromatic heterocycles. The summed E-state index contributed by atoms with van der Waals surface area (Å²) in [5.41, 5.74) is 6.81. The number of amides is 1. The number of rotatable bonds is 12. The average molecular weight is 577 g/mol. The van der Waals surface area contributed by atoms with Crippen molar-refractivity contribution >= 4 is 29.0 Å². The molecule has 218 valence electrons. The maximum Gasteiger partial charge on any atom is 0.228 e. The standard InChI is InChI=1S/C33H41ClN4O3/c1-19(2)29(38-33(40)26-13-8-7-12-25(26)32(39)30-18-36-30)16-15-20(3)27-17-35-21(4)31(27)37-23(6)41-22(5)24-11-9-10-14-28(24)34/h9-11,14-16,18,22-23,25-26,36-37H,3,7-8,12-13,17H2,1-2,4-6H3,(H,38,40)/b16-15-/t22-,23?,25?,26?/m1/s1. The highest BCUT2D eigenvalue weighted by Gasteiger charge is 2.38. The Labute approximate surface area is 248 Å². The van der Waals surface area contributed by atoms with Crippen LogP contribution in [0.2, 0.25) is 5.02 Å². The van der Waals surface area contributed by atoms with Crippen molar-refractivity contribution in [2.45, 2.75) is 72.6 Å². The van der Waals surface area contributed by atoms with Crippen LogP contribution in [-0.2, 0) is 14.3 Å². The largest absolute Gasteiger partial charge is 0.359 e. The van der Waals surface area contributed by atoms with Crippen LogP contribution in [0.15, 0.2) is 88.0 Å². The van der Waals surface area contributed by atoms with Gasteiger partial charge in [0, 0.05) is 34.3 Å². The number of Topliss-reactive ketones (excluding diaryl/α,β-unsaturated/α-hetero) is 1. The van der Waals surface area contributed by atoms with Crippen molar-refractivity contribution in [3.8, 4) is 0 Å². The van der Waals surface area contributed by atoms with Crippen LogP contribution in [-0.4, -0.2) is 30.2 Å². The molecule has 4 rings (SSSR count). The number of ketones is 1. The van der Waals surface area contributed by atoms with Gasteiger partial charge in [0.25, 0.3) is 0 Å². The van der Waals surface area contributed by atoms with Crippen molar-refractivity contribution in [2.24, 2.45) is 16.8 Å². The summed E-state index contributed by atoms with van der Waals surface area (Å²) in [5, 5.41) is 10.1. The van der Waals surface area contributed by atoms with Gasteiger partial charge in [-0.3, -0.25) is 14.6 Å². The van der Waals surface area contributed by atoms with Gasteiger partial charge in [-0.25, -0.2) is 0 Å². The van der Waals surface area contributed by atoms with Crippen LogP contribution in [0.5, 0.6) is 0 Å². The lowest BCUT2D eigenvalue weighted by Gasteiger charge is -2.29. The van der Waals surface area contributed by atoms with Crippen molar-refractivity contribution in [3.05, 3.63) is 93.6 Å². The second kappa shape index (κ2) is 13.5. The van der Waals surface area contributed by atoms with Crippen LogP contribution >= 0.6 is 11.6 Å². The van der Waals surface area contributed by atoms with Crippen LogP contribution in [0.3, 0.4) is 0 Å². The lowest BCUT2D eigenvalue weighted by molar-refractivity contribution is -0.133. The van der Waals surface area contributed by atoms with E-state index in [4.69, 9.17) is 16.3 Å². The zero-order chi connectivity index (χ0) is 29.7. The van der Waals surface area contributed by atoms with E-state index in [9.17, 15) is 9.59 Å².